The molecule has 0 unspecified atom stereocenters. The van der Waals surface area contributed by atoms with Crippen molar-refractivity contribution in [2.45, 2.75) is 15.1 Å². The molecule has 0 bridgehead atoms. The van der Waals surface area contributed by atoms with Crippen LogP contribution in [0.3, 0.4) is 0 Å². The monoisotopic (exact) mass is 746 g/mol. The second-order valence-electron chi connectivity index (χ2n) is 11.9. The van der Waals surface area contributed by atoms with Gasteiger partial charge in [-0.3, -0.25) is 0 Å². The summed E-state index contributed by atoms with van der Waals surface area (Å²) in [6.07, 6.45) is 0. The molecule has 7 aromatic rings. The second-order valence-corrected chi connectivity index (χ2v) is 13.9. The van der Waals surface area contributed by atoms with E-state index in [1.807, 2.05) is 109 Å². The third kappa shape index (κ3) is 8.47. The molecule has 0 radical (unpaired) electrons. The first-order chi connectivity index (χ1) is 25.9. The number of hydrogen-bond donors (Lipinski definition) is 0. The van der Waals surface area contributed by atoms with Crippen molar-refractivity contribution in [3.8, 4) is 23.7 Å². The van der Waals surface area contributed by atoms with Crippen molar-refractivity contribution in [1.82, 2.24) is 5.10 Å². The van der Waals surface area contributed by atoms with Crippen molar-refractivity contribution < 1.29 is 4.85 Å². The highest BCUT2D eigenvalue weighted by molar-refractivity contribution is 6.63. The summed E-state index contributed by atoms with van der Waals surface area (Å²) in [5.74, 6) is 13.6. The van der Waals surface area contributed by atoms with Gasteiger partial charge in [-0.2, -0.15) is 0 Å². The van der Waals surface area contributed by atoms with Gasteiger partial charge >= 0.3 is 0 Å². The van der Waals surface area contributed by atoms with E-state index in [9.17, 15) is 5.21 Å². The maximum atomic E-state index is 13.5. The quantitative estimate of drug-likeness (QED) is 0.0559. The van der Waals surface area contributed by atoms with Crippen LogP contribution in [0, 0.1) is 28.9 Å². The molecule has 6 aromatic carbocycles. The van der Waals surface area contributed by atoms with Gasteiger partial charge in [0.15, 0.2) is 9.99 Å². The Labute approximate surface area is 326 Å². The van der Waals surface area contributed by atoms with Crippen LogP contribution < -0.4 is 4.85 Å². The van der Waals surface area contributed by atoms with Gasteiger partial charge in [-0.1, -0.05) is 229 Å². The first-order valence-corrected chi connectivity index (χ1v) is 18.2. The number of alkyl halides is 3. The number of benzene rings is 6. The van der Waals surface area contributed by atoms with Crippen LogP contribution in [-0.2, 0) is 10.8 Å². The molecule has 0 amide bonds. The molecular formula is C47H33Cl3N2O. The minimum absolute atomic E-state index is 0.234. The minimum Gasteiger partial charge on any atom is -0.593 e. The minimum atomic E-state index is -0.824. The van der Waals surface area contributed by atoms with Gasteiger partial charge in [0.25, 0.3) is 5.69 Å². The summed E-state index contributed by atoms with van der Waals surface area (Å²) in [4.78, 5) is 0.581. The van der Waals surface area contributed by atoms with Gasteiger partial charge in [0.2, 0.25) is 0 Å². The Hall–Kier alpha value is -5.81. The molecule has 0 saturated carbocycles. The van der Waals surface area contributed by atoms with Gasteiger partial charge in [-0.15, -0.1) is 0 Å². The van der Waals surface area contributed by atoms with Crippen molar-refractivity contribution in [2.75, 3.05) is 0 Å². The molecule has 0 aliphatic rings. The molecule has 0 atom stereocenters. The second kappa shape index (κ2) is 17.6. The number of halogens is 3. The Kier molecular flexibility index (Phi) is 12.3. The van der Waals surface area contributed by atoms with Gasteiger partial charge in [-0.25, -0.2) is 0 Å². The lowest BCUT2D eigenvalue weighted by Gasteiger charge is -2.30. The summed E-state index contributed by atoms with van der Waals surface area (Å²) in [6.45, 7) is 0. The summed E-state index contributed by atoms with van der Waals surface area (Å²) >= 11 is 14.4. The number of rotatable bonds is 6. The topological polar surface area (TPSA) is 39.8 Å². The largest absolute Gasteiger partial charge is 0.593 e. The highest BCUT2D eigenvalue weighted by atomic mass is 35.6. The van der Waals surface area contributed by atoms with E-state index in [4.69, 9.17) is 34.8 Å². The molecule has 1 aromatic heterocycles. The first-order valence-electron chi connectivity index (χ1n) is 16.9. The lowest BCUT2D eigenvalue weighted by molar-refractivity contribution is -0.671. The smallest absolute Gasteiger partial charge is 0.295 e. The highest BCUT2D eigenvalue weighted by Crippen LogP contribution is 2.40. The maximum absolute atomic E-state index is 13.5. The molecule has 0 N–H and O–H groups in total. The van der Waals surface area contributed by atoms with Crippen LogP contribution in [0.5, 0.6) is 0 Å². The number of aromatic nitrogens is 2. The van der Waals surface area contributed by atoms with E-state index in [0.717, 1.165) is 33.4 Å². The van der Waals surface area contributed by atoms with Crippen molar-refractivity contribution in [3.05, 3.63) is 244 Å². The zero-order chi connectivity index (χ0) is 36.9. The molecule has 3 nitrogen and oxygen atoms in total. The van der Waals surface area contributed by atoms with Crippen LogP contribution in [0.1, 0.15) is 44.8 Å². The average molecular weight is 748 g/mol. The van der Waals surface area contributed by atoms with E-state index in [0.29, 0.717) is 10.5 Å². The third-order valence-corrected chi connectivity index (χ3v) is 8.80. The number of hydrogen-bond acceptors (Lipinski definition) is 2. The lowest BCUT2D eigenvalue weighted by atomic mass is 9.70. The Morgan fingerprint density at radius 1 is 0.415 bits per heavy atom. The fourth-order valence-corrected chi connectivity index (χ4v) is 6.44. The van der Waals surface area contributed by atoms with Gasteiger partial charge in [0.1, 0.15) is 10.8 Å². The normalized spacial score (nSPS) is 10.9. The van der Waals surface area contributed by atoms with Gasteiger partial charge in [0, 0.05) is 17.1 Å². The van der Waals surface area contributed by atoms with E-state index in [-0.39, 0.29) is 5.69 Å². The fourth-order valence-electron chi connectivity index (χ4n) is 6.44. The molecule has 1 heterocycles. The molecular weight excluding hydrogens is 715 g/mol. The van der Waals surface area contributed by atoms with E-state index in [1.54, 1.807) is 12.1 Å². The summed E-state index contributed by atoms with van der Waals surface area (Å²) in [5.41, 5.74) is 5.06. The Morgan fingerprint density at radius 3 is 0.943 bits per heavy atom. The molecule has 258 valence electrons. The summed E-state index contributed by atoms with van der Waals surface area (Å²) in [5, 5.41) is 17.9. The van der Waals surface area contributed by atoms with Crippen molar-refractivity contribution in [1.29, 1.82) is 0 Å². The van der Waals surface area contributed by atoms with Crippen LogP contribution in [0.2, 0.25) is 0 Å². The third-order valence-electron chi connectivity index (χ3n) is 8.80. The van der Waals surface area contributed by atoms with Crippen LogP contribution in [-0.4, -0.2) is 9.39 Å². The summed E-state index contributed by atoms with van der Waals surface area (Å²) in [6, 6.07) is 64.7. The standard InChI is InChI=1S/C46H32N2O.CHCl3/c49-48-44(34-36-46(40-25-13-4-14-26-40,41-27-15-5-16-28-41)42-29-17-6-18-30-42)32-31-43(47-48)33-35-45(37-19-7-1-8-20-37,38-21-9-2-10-22-38)39-23-11-3-12-24-39;2-1(3)4/h1-32H;1H. The van der Waals surface area contributed by atoms with Crippen LogP contribution >= 0.6 is 34.8 Å². The van der Waals surface area contributed by atoms with E-state index in [2.05, 4.69) is 102 Å². The predicted molar refractivity (Wildman–Crippen MR) is 217 cm³/mol. The molecule has 7 rings (SSSR count). The first kappa shape index (κ1) is 37.0. The van der Waals surface area contributed by atoms with Crippen molar-refractivity contribution >= 4 is 34.8 Å². The summed E-state index contributed by atoms with van der Waals surface area (Å²) in [7, 11) is 0. The molecule has 0 aliphatic heterocycles. The molecule has 53 heavy (non-hydrogen) atoms. The maximum Gasteiger partial charge on any atom is 0.295 e. The van der Waals surface area contributed by atoms with Gasteiger partial charge in [0.05, 0.1) is 0 Å². The molecule has 0 aliphatic carbocycles. The molecule has 0 saturated heterocycles. The van der Waals surface area contributed by atoms with Crippen LogP contribution in [0.25, 0.3) is 0 Å². The summed E-state index contributed by atoms with van der Waals surface area (Å²) < 4.78 is -0.750. The average Bonchev–Trinajstić information content (AvgIpc) is 3.21. The van der Waals surface area contributed by atoms with Crippen molar-refractivity contribution in [2.24, 2.45) is 0 Å². The Morgan fingerprint density at radius 2 is 0.679 bits per heavy atom. The number of nitrogens with zero attached hydrogens (tertiary/aromatic N) is 2. The Bertz CT molecular complexity index is 2140. The highest BCUT2D eigenvalue weighted by Gasteiger charge is 2.36. The Balaban J connectivity index is 0.00000114. The van der Waals surface area contributed by atoms with Crippen molar-refractivity contribution in [3.63, 3.8) is 0 Å². The SMILES string of the molecule is ClC(Cl)Cl.[O-][n+]1nc(C#CC(c2ccccc2)(c2ccccc2)c2ccccc2)ccc1C#CC(c1ccccc1)(c1ccccc1)c1ccccc1. The predicted octanol–water partition coefficient (Wildman–Crippen LogP) is 10.5. The zero-order valence-corrected chi connectivity index (χ0v) is 30.8. The molecule has 6 heteroatoms. The van der Waals surface area contributed by atoms with Gasteiger partial charge < -0.3 is 5.21 Å². The van der Waals surface area contributed by atoms with Crippen LogP contribution in [0.4, 0.5) is 0 Å². The molecule has 0 fully saturated rings. The lowest BCUT2D eigenvalue weighted by Crippen LogP contribution is -2.36. The van der Waals surface area contributed by atoms with E-state index in [1.165, 1.54) is 0 Å². The van der Waals surface area contributed by atoms with Gasteiger partial charge in [-0.05, 0) is 50.2 Å². The van der Waals surface area contributed by atoms with Crippen LogP contribution in [0.15, 0.2) is 194 Å². The van der Waals surface area contributed by atoms with E-state index < -0.39 is 15.1 Å². The fraction of sp³-hybridized carbons (Fsp3) is 0.0638. The van der Waals surface area contributed by atoms with E-state index >= 15 is 0 Å². The zero-order valence-electron chi connectivity index (χ0n) is 28.5. The molecule has 0 spiro atoms.